The predicted octanol–water partition coefficient (Wildman–Crippen LogP) is 5.30. The lowest BCUT2D eigenvalue weighted by molar-refractivity contribution is 0.237. The molecule has 1 heteroatoms. The largest absolute Gasteiger partial charge is 0.376 e. The van der Waals surface area contributed by atoms with Crippen molar-refractivity contribution >= 4 is 0 Å². The molecule has 1 N–H and O–H groups in total. The summed E-state index contributed by atoms with van der Waals surface area (Å²) in [6, 6.07) is 14.1. The molecule has 2 aromatic rings. The van der Waals surface area contributed by atoms with Gasteiger partial charge < -0.3 is 5.11 Å². The minimum Gasteiger partial charge on any atom is -0.376 e. The molecule has 0 amide bonds. The molecular weight excluding hydrogens is 304 g/mol. The van der Waals surface area contributed by atoms with E-state index in [9.17, 15) is 5.11 Å². The van der Waals surface area contributed by atoms with Crippen LogP contribution in [0.15, 0.2) is 42.5 Å². The van der Waals surface area contributed by atoms with Crippen LogP contribution in [0.5, 0.6) is 0 Å². The Kier molecular flexibility index (Phi) is 4.52. The lowest BCUT2D eigenvalue weighted by atomic mass is 9.63. The van der Waals surface area contributed by atoms with Gasteiger partial charge in [0.2, 0.25) is 0 Å². The van der Waals surface area contributed by atoms with E-state index >= 15 is 0 Å². The highest BCUT2D eigenvalue weighted by Crippen LogP contribution is 2.46. The average Bonchev–Trinajstić information content (AvgIpc) is 2.58. The third-order valence-electron chi connectivity index (χ3n) is 5.50. The van der Waals surface area contributed by atoms with Gasteiger partial charge in [0.1, 0.15) is 6.10 Å². The van der Waals surface area contributed by atoms with Gasteiger partial charge in [-0.15, -0.1) is 0 Å². The van der Waals surface area contributed by atoms with E-state index < -0.39 is 6.10 Å². The zero-order valence-electron chi connectivity index (χ0n) is 15.7. The number of hydrogen-bond donors (Lipinski definition) is 1. The first-order chi connectivity index (χ1) is 11.7. The molecule has 1 aliphatic rings. The van der Waals surface area contributed by atoms with E-state index in [4.69, 9.17) is 0 Å². The second-order valence-electron chi connectivity index (χ2n) is 8.44. The first-order valence-electron chi connectivity index (χ1n) is 8.96. The zero-order chi connectivity index (χ0) is 18.2. The molecule has 1 radical (unpaired) electrons. The Balaban J connectivity index is 1.93. The Hall–Kier alpha value is -2.04. The number of aliphatic hydroxyl groups excluding tert-OH is 1. The Morgan fingerprint density at radius 1 is 0.920 bits per heavy atom. The van der Waals surface area contributed by atoms with Crippen LogP contribution in [0.25, 0.3) is 0 Å². The third-order valence-corrected chi connectivity index (χ3v) is 5.50. The molecule has 0 saturated heterocycles. The van der Waals surface area contributed by atoms with Crippen molar-refractivity contribution in [2.45, 2.75) is 57.5 Å². The van der Waals surface area contributed by atoms with E-state index in [1.165, 1.54) is 17.5 Å². The molecule has 1 aliphatic carbocycles. The molecule has 0 bridgehead atoms. The maximum atomic E-state index is 10.6. The van der Waals surface area contributed by atoms with Crippen molar-refractivity contribution < 1.29 is 5.11 Å². The molecule has 2 aromatic carbocycles. The van der Waals surface area contributed by atoms with E-state index in [1.807, 2.05) is 30.3 Å². The Morgan fingerprint density at radius 3 is 2.16 bits per heavy atom. The SMILES string of the molecule is [CH2]c1ccc(C#CC(O)c2ccc3c(c2)C(C)(C)CCC3(C)C)cc1. The zero-order valence-corrected chi connectivity index (χ0v) is 15.7. The Bertz CT molecular complexity index is 829. The fourth-order valence-electron chi connectivity index (χ4n) is 3.60. The van der Waals surface area contributed by atoms with Crippen molar-refractivity contribution in [2.24, 2.45) is 0 Å². The van der Waals surface area contributed by atoms with Gasteiger partial charge in [0.15, 0.2) is 0 Å². The van der Waals surface area contributed by atoms with Crippen LogP contribution in [-0.2, 0) is 10.8 Å². The quantitative estimate of drug-likeness (QED) is 0.703. The third kappa shape index (κ3) is 3.65. The van der Waals surface area contributed by atoms with E-state index in [2.05, 4.69) is 58.6 Å². The molecule has 129 valence electrons. The second-order valence-corrected chi connectivity index (χ2v) is 8.44. The van der Waals surface area contributed by atoms with Crippen LogP contribution in [0.2, 0.25) is 0 Å². The smallest absolute Gasteiger partial charge is 0.140 e. The fraction of sp³-hybridized carbons (Fsp3) is 0.375. The summed E-state index contributed by atoms with van der Waals surface area (Å²) >= 11 is 0. The highest BCUT2D eigenvalue weighted by molar-refractivity contribution is 5.46. The molecule has 3 rings (SSSR count). The average molecular weight is 331 g/mol. The van der Waals surface area contributed by atoms with Gasteiger partial charge in [-0.3, -0.25) is 0 Å². The Morgan fingerprint density at radius 2 is 1.52 bits per heavy atom. The van der Waals surface area contributed by atoms with E-state index in [0.29, 0.717) is 0 Å². The highest BCUT2D eigenvalue weighted by Gasteiger charge is 2.37. The molecule has 1 atom stereocenters. The number of aliphatic hydroxyl groups is 1. The van der Waals surface area contributed by atoms with Crippen LogP contribution in [0.1, 0.15) is 74.5 Å². The molecule has 25 heavy (non-hydrogen) atoms. The van der Waals surface area contributed by atoms with Crippen LogP contribution in [0.4, 0.5) is 0 Å². The second kappa shape index (κ2) is 6.36. The maximum absolute atomic E-state index is 10.6. The molecule has 0 fully saturated rings. The summed E-state index contributed by atoms with van der Waals surface area (Å²) in [5, 5.41) is 10.6. The monoisotopic (exact) mass is 331 g/mol. The molecule has 0 saturated carbocycles. The lowest BCUT2D eigenvalue weighted by Crippen LogP contribution is -2.34. The highest BCUT2D eigenvalue weighted by atomic mass is 16.3. The van der Waals surface area contributed by atoms with Crippen LogP contribution in [-0.4, -0.2) is 5.11 Å². The summed E-state index contributed by atoms with van der Waals surface area (Å²) in [6.07, 6.45) is 1.58. The van der Waals surface area contributed by atoms with Gasteiger partial charge in [0.05, 0.1) is 0 Å². The fourth-order valence-corrected chi connectivity index (χ4v) is 3.60. The molecular formula is C24H27O. The van der Waals surface area contributed by atoms with Crippen molar-refractivity contribution in [1.29, 1.82) is 0 Å². The van der Waals surface area contributed by atoms with Crippen molar-refractivity contribution in [3.8, 4) is 11.8 Å². The number of rotatable bonds is 1. The minimum atomic E-state index is -0.773. The molecule has 0 heterocycles. The summed E-state index contributed by atoms with van der Waals surface area (Å²) in [6.45, 7) is 13.1. The van der Waals surface area contributed by atoms with Gasteiger partial charge in [-0.2, -0.15) is 0 Å². The number of hydrogen-bond acceptors (Lipinski definition) is 1. The van der Waals surface area contributed by atoms with Gasteiger partial charge in [0.25, 0.3) is 0 Å². The van der Waals surface area contributed by atoms with Crippen LogP contribution < -0.4 is 0 Å². The summed E-state index contributed by atoms with van der Waals surface area (Å²) in [4.78, 5) is 0. The predicted molar refractivity (Wildman–Crippen MR) is 104 cm³/mol. The van der Waals surface area contributed by atoms with Crippen LogP contribution in [0.3, 0.4) is 0 Å². The van der Waals surface area contributed by atoms with E-state index in [-0.39, 0.29) is 10.8 Å². The van der Waals surface area contributed by atoms with Gasteiger partial charge in [-0.1, -0.05) is 69.9 Å². The summed E-state index contributed by atoms with van der Waals surface area (Å²) in [5.74, 6) is 6.03. The first-order valence-corrected chi connectivity index (χ1v) is 8.96. The molecule has 0 aliphatic heterocycles. The lowest BCUT2D eigenvalue weighted by Gasteiger charge is -2.42. The van der Waals surface area contributed by atoms with E-state index in [0.717, 1.165) is 23.1 Å². The maximum Gasteiger partial charge on any atom is 0.140 e. The molecule has 0 aromatic heterocycles. The summed E-state index contributed by atoms with van der Waals surface area (Å²) in [7, 11) is 0. The standard InChI is InChI=1S/C24H27O/c1-17-6-8-18(9-7-17)10-13-22(25)19-11-12-20-21(16-19)24(4,5)15-14-23(20,2)3/h6-9,11-12,16,22,25H,1,14-15H2,2-5H3. The number of benzene rings is 2. The molecule has 1 unspecified atom stereocenters. The van der Waals surface area contributed by atoms with Gasteiger partial charge in [-0.05, 0) is 65.0 Å². The van der Waals surface area contributed by atoms with Gasteiger partial charge >= 0.3 is 0 Å². The van der Waals surface area contributed by atoms with Crippen molar-refractivity contribution in [1.82, 2.24) is 0 Å². The first kappa shape index (κ1) is 17.8. The van der Waals surface area contributed by atoms with Crippen molar-refractivity contribution in [3.05, 3.63) is 77.2 Å². The molecule has 0 spiro atoms. The van der Waals surface area contributed by atoms with Crippen LogP contribution >= 0.6 is 0 Å². The summed E-state index contributed by atoms with van der Waals surface area (Å²) < 4.78 is 0. The Labute approximate surface area is 152 Å². The van der Waals surface area contributed by atoms with Gasteiger partial charge in [0, 0.05) is 5.56 Å². The van der Waals surface area contributed by atoms with E-state index in [1.54, 1.807) is 0 Å². The number of fused-ring (bicyclic) bond motifs is 1. The van der Waals surface area contributed by atoms with Crippen LogP contribution in [0, 0.1) is 18.8 Å². The topological polar surface area (TPSA) is 20.2 Å². The van der Waals surface area contributed by atoms with Crippen molar-refractivity contribution in [2.75, 3.05) is 0 Å². The summed E-state index contributed by atoms with van der Waals surface area (Å²) in [5.41, 5.74) is 5.82. The normalized spacial score (nSPS) is 18.6. The van der Waals surface area contributed by atoms with Crippen molar-refractivity contribution in [3.63, 3.8) is 0 Å². The minimum absolute atomic E-state index is 0.137. The molecule has 1 nitrogen and oxygen atoms in total. The van der Waals surface area contributed by atoms with Gasteiger partial charge in [-0.25, -0.2) is 0 Å².